The van der Waals surface area contributed by atoms with Gasteiger partial charge in [-0.1, -0.05) is 49.8 Å². The summed E-state index contributed by atoms with van der Waals surface area (Å²) in [6, 6.07) is 6.01. The van der Waals surface area contributed by atoms with Gasteiger partial charge in [0.2, 0.25) is 6.79 Å². The van der Waals surface area contributed by atoms with Crippen LogP contribution in [0, 0.1) is 0 Å². The van der Waals surface area contributed by atoms with E-state index in [1.807, 2.05) is 23.1 Å². The molecule has 2 unspecified atom stereocenters. The SMILES string of the molecule is CCCCCCCC[S+]([O-])C(C)Cc1ccc2c(c1)OCO2.O=S(=O)(O)CCN1CCN(CCO)CC1. The number of aliphatic hydroxyl groups excluding tert-OH is 1. The molecule has 0 radical (unpaired) electrons. The van der Waals surface area contributed by atoms with E-state index in [-0.39, 0.29) is 17.6 Å². The lowest BCUT2D eigenvalue weighted by Gasteiger charge is -2.33. The number of fused-ring (bicyclic) bond motifs is 1. The lowest BCUT2D eigenvalue weighted by Crippen LogP contribution is -2.48. The predicted octanol–water partition coefficient (Wildman–Crippen LogP) is 2.94. The van der Waals surface area contributed by atoms with E-state index in [0.717, 1.165) is 56.3 Å². The molecule has 1 saturated heterocycles. The molecule has 0 saturated carbocycles. The standard InChI is InChI=1S/C18H28O3S.C8H18N2O4S/c1-3-4-5-6-7-8-11-22(19)15(2)12-16-9-10-17-18(13-16)21-14-20-17;11-7-5-9-1-3-10(4-2-9)6-8-15(12,13)14/h9-10,13,15H,3-8,11-12,14H2,1-2H3;11H,1-8H2,(H,12,13,14). The Hall–Kier alpha value is -1.08. The highest BCUT2D eigenvalue weighted by molar-refractivity contribution is 7.92. The van der Waals surface area contributed by atoms with Crippen LogP contribution in [0.5, 0.6) is 11.5 Å². The van der Waals surface area contributed by atoms with Crippen LogP contribution in [0.15, 0.2) is 18.2 Å². The molecule has 37 heavy (non-hydrogen) atoms. The van der Waals surface area contributed by atoms with Crippen molar-refractivity contribution in [3.8, 4) is 11.5 Å². The fourth-order valence-electron chi connectivity index (χ4n) is 4.34. The van der Waals surface area contributed by atoms with Crippen LogP contribution in [0.1, 0.15) is 57.9 Å². The van der Waals surface area contributed by atoms with Crippen LogP contribution in [-0.2, 0) is 27.7 Å². The van der Waals surface area contributed by atoms with E-state index in [4.69, 9.17) is 19.1 Å². The van der Waals surface area contributed by atoms with Crippen LogP contribution in [0.25, 0.3) is 0 Å². The van der Waals surface area contributed by atoms with Crippen molar-refractivity contribution < 1.29 is 32.1 Å². The van der Waals surface area contributed by atoms with Crippen molar-refractivity contribution in [3.63, 3.8) is 0 Å². The number of nitrogens with zero attached hydrogens (tertiary/aromatic N) is 2. The first kappa shape index (κ1) is 32.1. The number of unbranched alkanes of at least 4 members (excludes halogenated alkanes) is 5. The Balaban J connectivity index is 0.000000281. The van der Waals surface area contributed by atoms with Crippen molar-refractivity contribution in [2.45, 2.75) is 64.0 Å². The van der Waals surface area contributed by atoms with Crippen molar-refractivity contribution in [2.75, 3.05) is 64.2 Å². The molecule has 1 fully saturated rings. The van der Waals surface area contributed by atoms with Gasteiger partial charge in [-0.15, -0.1) is 0 Å². The molecule has 2 aliphatic heterocycles. The van der Waals surface area contributed by atoms with E-state index in [0.29, 0.717) is 19.9 Å². The van der Waals surface area contributed by atoms with E-state index in [2.05, 4.69) is 18.7 Å². The summed E-state index contributed by atoms with van der Waals surface area (Å²) >= 11 is -0.743. The summed E-state index contributed by atoms with van der Waals surface area (Å²) in [7, 11) is -3.84. The molecule has 2 atom stereocenters. The molecule has 2 heterocycles. The van der Waals surface area contributed by atoms with Crippen molar-refractivity contribution >= 4 is 21.3 Å². The third-order valence-corrected chi connectivity index (χ3v) is 9.11. The largest absolute Gasteiger partial charge is 0.616 e. The molecule has 2 aliphatic rings. The number of rotatable bonds is 15. The maximum absolute atomic E-state index is 12.3. The zero-order valence-electron chi connectivity index (χ0n) is 22.5. The average Bonchev–Trinajstić information content (AvgIpc) is 3.34. The second-order valence-corrected chi connectivity index (χ2v) is 13.3. The molecule has 0 aliphatic carbocycles. The topological polar surface area (TPSA) is 123 Å². The first-order chi connectivity index (χ1) is 17.7. The van der Waals surface area contributed by atoms with Crippen molar-refractivity contribution in [3.05, 3.63) is 23.8 Å². The van der Waals surface area contributed by atoms with Gasteiger partial charge in [0.05, 0.1) is 12.4 Å². The van der Waals surface area contributed by atoms with E-state index >= 15 is 0 Å². The summed E-state index contributed by atoms with van der Waals surface area (Å²) in [6.07, 6.45) is 8.32. The average molecular weight is 563 g/mol. The molecule has 11 heteroatoms. The Labute approximate surface area is 226 Å². The molecule has 0 bridgehead atoms. The highest BCUT2D eigenvalue weighted by Crippen LogP contribution is 2.33. The highest BCUT2D eigenvalue weighted by Gasteiger charge is 2.20. The van der Waals surface area contributed by atoms with Gasteiger partial charge in [-0.05, 0) is 37.5 Å². The Bertz CT molecular complexity index is 864. The summed E-state index contributed by atoms with van der Waals surface area (Å²) in [6.45, 7) is 9.08. The van der Waals surface area contributed by atoms with Crippen LogP contribution >= 0.6 is 0 Å². The molecule has 2 N–H and O–H groups in total. The third-order valence-electron chi connectivity index (χ3n) is 6.65. The minimum Gasteiger partial charge on any atom is -0.616 e. The smallest absolute Gasteiger partial charge is 0.266 e. The zero-order chi connectivity index (χ0) is 27.1. The minimum atomic E-state index is -3.84. The summed E-state index contributed by atoms with van der Waals surface area (Å²) in [4.78, 5) is 4.13. The summed E-state index contributed by atoms with van der Waals surface area (Å²) in [5.74, 6) is 2.25. The van der Waals surface area contributed by atoms with Crippen LogP contribution in [-0.4, -0.2) is 102 Å². The van der Waals surface area contributed by atoms with Gasteiger partial charge in [-0.2, -0.15) is 8.42 Å². The maximum atomic E-state index is 12.3. The van der Waals surface area contributed by atoms with E-state index < -0.39 is 21.3 Å². The van der Waals surface area contributed by atoms with Gasteiger partial charge in [-0.25, -0.2) is 0 Å². The van der Waals surface area contributed by atoms with E-state index in [1.165, 1.54) is 37.7 Å². The zero-order valence-corrected chi connectivity index (χ0v) is 24.1. The summed E-state index contributed by atoms with van der Waals surface area (Å²) in [5.41, 5.74) is 1.17. The Morgan fingerprint density at radius 1 is 1.00 bits per heavy atom. The molecule has 214 valence electrons. The molecule has 0 amide bonds. The molecule has 0 aromatic heterocycles. The number of ether oxygens (including phenoxy) is 2. The fraction of sp³-hybridized carbons (Fsp3) is 0.769. The van der Waals surface area contributed by atoms with E-state index in [1.54, 1.807) is 0 Å². The van der Waals surface area contributed by atoms with Crippen molar-refractivity contribution in [1.29, 1.82) is 0 Å². The molecule has 0 spiro atoms. The van der Waals surface area contributed by atoms with Crippen molar-refractivity contribution in [1.82, 2.24) is 9.80 Å². The predicted molar refractivity (Wildman–Crippen MR) is 148 cm³/mol. The van der Waals surface area contributed by atoms with Crippen LogP contribution in [0.4, 0.5) is 0 Å². The Morgan fingerprint density at radius 3 is 2.27 bits per heavy atom. The molecule has 1 aromatic carbocycles. The van der Waals surface area contributed by atoms with Gasteiger partial charge in [0.15, 0.2) is 11.5 Å². The molecular formula is C26H46N2O7S2. The van der Waals surface area contributed by atoms with Crippen LogP contribution in [0.2, 0.25) is 0 Å². The Morgan fingerprint density at radius 2 is 1.62 bits per heavy atom. The number of piperazine rings is 1. The van der Waals surface area contributed by atoms with Gasteiger partial charge in [0, 0.05) is 45.7 Å². The number of benzene rings is 1. The normalized spacial score (nSPS) is 17.8. The first-order valence-corrected chi connectivity index (χ1v) is 16.5. The number of hydrogen-bond acceptors (Lipinski definition) is 8. The Kier molecular flexibility index (Phi) is 15.2. The van der Waals surface area contributed by atoms with Crippen molar-refractivity contribution in [2.24, 2.45) is 0 Å². The van der Waals surface area contributed by atoms with Crippen LogP contribution < -0.4 is 9.47 Å². The monoisotopic (exact) mass is 562 g/mol. The number of aliphatic hydroxyl groups is 1. The first-order valence-electron chi connectivity index (χ1n) is 13.5. The van der Waals surface area contributed by atoms with Gasteiger partial charge < -0.3 is 19.1 Å². The minimum absolute atomic E-state index is 0.158. The highest BCUT2D eigenvalue weighted by atomic mass is 32.2. The summed E-state index contributed by atoms with van der Waals surface area (Å²) in [5, 5.41) is 8.92. The molecule has 1 aromatic rings. The number of hydrogen-bond donors (Lipinski definition) is 2. The second kappa shape index (κ2) is 17.5. The summed E-state index contributed by atoms with van der Waals surface area (Å²) < 4.78 is 52.7. The van der Waals surface area contributed by atoms with Crippen LogP contribution in [0.3, 0.4) is 0 Å². The maximum Gasteiger partial charge on any atom is 0.266 e. The van der Waals surface area contributed by atoms with Gasteiger partial charge in [0.1, 0.15) is 11.0 Å². The molecule has 9 nitrogen and oxygen atoms in total. The van der Waals surface area contributed by atoms with Gasteiger partial charge >= 0.3 is 0 Å². The molecule has 3 rings (SSSR count). The lowest BCUT2D eigenvalue weighted by molar-refractivity contribution is 0.116. The van der Waals surface area contributed by atoms with Gasteiger partial charge in [0.25, 0.3) is 10.1 Å². The molecular weight excluding hydrogens is 516 g/mol. The lowest BCUT2D eigenvalue weighted by atomic mass is 10.1. The quantitative estimate of drug-likeness (QED) is 0.189. The van der Waals surface area contributed by atoms with E-state index in [9.17, 15) is 13.0 Å². The van der Waals surface area contributed by atoms with Gasteiger partial charge in [-0.3, -0.25) is 14.4 Å². The third kappa shape index (κ3) is 13.5. The number of β-amino-alcohol motifs (C(OH)–C–C–N with tert-alkyl or cyclic N) is 1. The second-order valence-electron chi connectivity index (χ2n) is 9.75. The fourth-order valence-corrected chi connectivity index (χ4v) is 6.10.